The maximum absolute atomic E-state index is 14.4. The number of amidine groups is 1. The van der Waals surface area contributed by atoms with Crippen molar-refractivity contribution in [2.24, 2.45) is 10.9 Å². The summed E-state index contributed by atoms with van der Waals surface area (Å²) in [5.41, 5.74) is 0.660. The summed E-state index contributed by atoms with van der Waals surface area (Å²) in [5.74, 6) is -2.54. The third-order valence-electron chi connectivity index (χ3n) is 6.73. The van der Waals surface area contributed by atoms with Crippen LogP contribution in [0.4, 0.5) is 13.2 Å². The van der Waals surface area contributed by atoms with Crippen LogP contribution in [0.3, 0.4) is 0 Å². The average molecular weight is 571 g/mol. The molecule has 2 aromatic rings. The van der Waals surface area contributed by atoms with Gasteiger partial charge in [-0.2, -0.15) is 0 Å². The van der Waals surface area contributed by atoms with Gasteiger partial charge in [-0.05, 0) is 36.5 Å². The highest BCUT2D eigenvalue weighted by Crippen LogP contribution is 2.37. The van der Waals surface area contributed by atoms with E-state index in [2.05, 4.69) is 15.3 Å². The van der Waals surface area contributed by atoms with Crippen LogP contribution in [0.5, 0.6) is 0 Å². The Balaban J connectivity index is 1.78. The van der Waals surface area contributed by atoms with Gasteiger partial charge in [0.1, 0.15) is 25.2 Å². The summed E-state index contributed by atoms with van der Waals surface area (Å²) in [6.45, 7) is -1.73. The van der Waals surface area contributed by atoms with E-state index in [0.717, 1.165) is 0 Å². The number of hydrogen-bond acceptors (Lipinski definition) is 8. The lowest BCUT2D eigenvalue weighted by molar-refractivity contribution is -0.139. The number of nitrogens with zero attached hydrogens (tertiary/aromatic N) is 3. The molecule has 3 heterocycles. The fourth-order valence-electron chi connectivity index (χ4n) is 5.04. The molecule has 2 aliphatic rings. The number of esters is 1. The van der Waals surface area contributed by atoms with Gasteiger partial charge in [-0.1, -0.05) is 17.7 Å². The van der Waals surface area contributed by atoms with Gasteiger partial charge in [0.05, 0.1) is 17.7 Å². The minimum atomic E-state index is -1.02. The number of ether oxygens (including phenoxy) is 1. The summed E-state index contributed by atoms with van der Waals surface area (Å²) >= 11 is 7.16. The first kappa shape index (κ1) is 28.1. The zero-order valence-electron chi connectivity index (χ0n) is 20.4. The number of carboxylic acids is 1. The summed E-state index contributed by atoms with van der Waals surface area (Å²) < 4.78 is 47.9. The molecule has 8 nitrogen and oxygen atoms in total. The van der Waals surface area contributed by atoms with Gasteiger partial charge in [-0.15, -0.1) is 11.3 Å². The van der Waals surface area contributed by atoms with Crippen molar-refractivity contribution >= 4 is 40.7 Å². The van der Waals surface area contributed by atoms with E-state index in [1.54, 1.807) is 16.5 Å². The van der Waals surface area contributed by atoms with Crippen LogP contribution in [-0.4, -0.2) is 71.9 Å². The predicted molar refractivity (Wildman–Crippen MR) is 136 cm³/mol. The van der Waals surface area contributed by atoms with E-state index in [0.29, 0.717) is 16.4 Å². The standard InChI is InChI=1S/C25H26ClF3N4O4S/c1-37-25(36)21-19(12-33-15(10-27)6-13(8-20(34)35)7-16(33)11-28)31-23(24-30-4-5-38-24)32-22(21)14-2-3-17(26)18(29)9-14/h2-5,9,13,15-16,22H,6-8,10-12H2,1H3,(H,31,32)(H,34,35). The number of aliphatic imine (C=N–C) groups is 1. The van der Waals surface area contributed by atoms with Crippen LogP contribution in [0.2, 0.25) is 5.02 Å². The second-order valence-corrected chi connectivity index (χ2v) is 10.4. The van der Waals surface area contributed by atoms with Gasteiger partial charge in [0.25, 0.3) is 0 Å². The minimum Gasteiger partial charge on any atom is -0.481 e. The topological polar surface area (TPSA) is 104 Å². The van der Waals surface area contributed by atoms with Crippen molar-refractivity contribution in [3.63, 3.8) is 0 Å². The Morgan fingerprint density at radius 3 is 2.53 bits per heavy atom. The number of aromatic nitrogens is 1. The number of halogens is 4. The quantitative estimate of drug-likeness (QED) is 0.433. The fourth-order valence-corrected chi connectivity index (χ4v) is 5.74. The highest BCUT2D eigenvalue weighted by Gasteiger charge is 2.40. The molecule has 0 aliphatic carbocycles. The number of benzene rings is 1. The molecule has 0 saturated carbocycles. The van der Waals surface area contributed by atoms with Gasteiger partial charge in [0, 0.05) is 42.3 Å². The third-order valence-corrected chi connectivity index (χ3v) is 7.82. The number of nitrogens with one attached hydrogen (secondary N) is 1. The number of piperidine rings is 1. The van der Waals surface area contributed by atoms with E-state index in [4.69, 9.17) is 16.3 Å². The molecule has 0 spiro atoms. The summed E-state index contributed by atoms with van der Waals surface area (Å²) in [6, 6.07) is 1.52. The Morgan fingerprint density at radius 1 is 1.26 bits per heavy atom. The molecule has 13 heteroatoms. The lowest BCUT2D eigenvalue weighted by atomic mass is 9.84. The van der Waals surface area contributed by atoms with Gasteiger partial charge >= 0.3 is 11.9 Å². The summed E-state index contributed by atoms with van der Waals surface area (Å²) in [7, 11) is 1.19. The smallest absolute Gasteiger partial charge is 0.338 e. The van der Waals surface area contributed by atoms with Gasteiger partial charge in [0.2, 0.25) is 0 Å². The van der Waals surface area contributed by atoms with Crippen LogP contribution in [0, 0.1) is 11.7 Å². The fraction of sp³-hybridized carbons (Fsp3) is 0.440. The second kappa shape index (κ2) is 12.3. The number of carbonyl (C=O) groups is 2. The molecule has 2 aliphatic heterocycles. The third kappa shape index (κ3) is 6.02. The SMILES string of the molecule is COC(=O)C1=C(CN2C(CF)CC(CC(=O)O)CC2CF)NC(c2nccs2)=NC1c1ccc(Cl)c(F)c1. The number of likely N-dealkylation sites (tertiary alicyclic amines) is 1. The molecule has 0 amide bonds. The van der Waals surface area contributed by atoms with E-state index >= 15 is 0 Å². The number of methoxy groups -OCH3 is 1. The average Bonchev–Trinajstić information content (AvgIpc) is 3.45. The van der Waals surface area contributed by atoms with Crippen molar-refractivity contribution in [3.8, 4) is 0 Å². The number of aliphatic carboxylic acids is 1. The van der Waals surface area contributed by atoms with E-state index in [-0.39, 0.29) is 48.0 Å². The molecule has 2 N–H and O–H groups in total. The Kier molecular flexibility index (Phi) is 9.06. The molecule has 1 aromatic heterocycles. The Hall–Kier alpha value is -2.96. The monoisotopic (exact) mass is 570 g/mol. The molecule has 38 heavy (non-hydrogen) atoms. The summed E-state index contributed by atoms with van der Waals surface area (Å²) in [4.78, 5) is 34.8. The largest absolute Gasteiger partial charge is 0.481 e. The van der Waals surface area contributed by atoms with Crippen LogP contribution in [0.15, 0.2) is 46.0 Å². The van der Waals surface area contributed by atoms with Crippen molar-refractivity contribution in [2.45, 2.75) is 37.4 Å². The highest BCUT2D eigenvalue weighted by atomic mass is 35.5. The maximum Gasteiger partial charge on any atom is 0.338 e. The molecular formula is C25H26ClF3N4O4S. The first-order valence-electron chi connectivity index (χ1n) is 11.9. The number of hydrogen-bond donors (Lipinski definition) is 2. The zero-order chi connectivity index (χ0) is 27.4. The Labute approximate surface area is 226 Å². The number of rotatable bonds is 9. The second-order valence-electron chi connectivity index (χ2n) is 9.12. The van der Waals surface area contributed by atoms with Gasteiger partial charge in [0.15, 0.2) is 10.8 Å². The molecule has 204 valence electrons. The van der Waals surface area contributed by atoms with Crippen molar-refractivity contribution in [1.29, 1.82) is 0 Å². The molecule has 1 aromatic carbocycles. The first-order chi connectivity index (χ1) is 18.2. The molecule has 0 radical (unpaired) electrons. The van der Waals surface area contributed by atoms with Gasteiger partial charge in [-0.3, -0.25) is 14.7 Å². The summed E-state index contributed by atoms with van der Waals surface area (Å²) in [5, 5.41) is 14.4. The number of carbonyl (C=O) groups excluding carboxylic acids is 1. The molecule has 1 saturated heterocycles. The van der Waals surface area contributed by atoms with Crippen molar-refractivity contribution in [2.75, 3.05) is 27.0 Å². The minimum absolute atomic E-state index is 0.0532. The first-order valence-corrected chi connectivity index (χ1v) is 13.1. The van der Waals surface area contributed by atoms with Crippen LogP contribution >= 0.6 is 22.9 Å². The van der Waals surface area contributed by atoms with Crippen molar-refractivity contribution in [1.82, 2.24) is 15.2 Å². The van der Waals surface area contributed by atoms with Crippen molar-refractivity contribution in [3.05, 3.63) is 62.5 Å². The maximum atomic E-state index is 14.4. The lowest BCUT2D eigenvalue weighted by Gasteiger charge is -2.44. The Morgan fingerprint density at radius 2 is 1.97 bits per heavy atom. The van der Waals surface area contributed by atoms with Gasteiger partial charge in [-0.25, -0.2) is 22.9 Å². The Bertz CT molecular complexity index is 1230. The molecular weight excluding hydrogens is 545 g/mol. The lowest BCUT2D eigenvalue weighted by Crippen LogP contribution is -2.54. The van der Waals surface area contributed by atoms with E-state index in [9.17, 15) is 27.9 Å². The molecule has 3 atom stereocenters. The molecule has 3 unspecified atom stereocenters. The number of carboxylic acid groups (broad SMARTS) is 1. The van der Waals surface area contributed by atoms with Crippen molar-refractivity contribution < 1.29 is 32.6 Å². The van der Waals surface area contributed by atoms with E-state index < -0.39 is 49.2 Å². The predicted octanol–water partition coefficient (Wildman–Crippen LogP) is 4.32. The van der Waals surface area contributed by atoms with Crippen LogP contribution in [0.1, 0.15) is 35.9 Å². The number of thiazole rings is 1. The highest BCUT2D eigenvalue weighted by molar-refractivity contribution is 7.11. The number of alkyl halides is 2. The molecule has 0 bridgehead atoms. The van der Waals surface area contributed by atoms with E-state index in [1.807, 2.05) is 0 Å². The van der Waals surface area contributed by atoms with Crippen LogP contribution < -0.4 is 5.32 Å². The van der Waals surface area contributed by atoms with Crippen LogP contribution in [-0.2, 0) is 14.3 Å². The molecule has 4 rings (SSSR count). The van der Waals surface area contributed by atoms with Crippen LogP contribution in [0.25, 0.3) is 0 Å². The van der Waals surface area contributed by atoms with Gasteiger partial charge < -0.3 is 15.2 Å². The van der Waals surface area contributed by atoms with E-state index in [1.165, 1.54) is 36.6 Å². The summed E-state index contributed by atoms with van der Waals surface area (Å²) in [6.07, 6.45) is 1.84. The normalized spacial score (nSPS) is 24.1. The molecule has 1 fully saturated rings. The zero-order valence-corrected chi connectivity index (χ0v) is 21.9.